The summed E-state index contributed by atoms with van der Waals surface area (Å²) >= 11 is 0. The fourth-order valence-corrected chi connectivity index (χ4v) is 3.52. The van der Waals surface area contributed by atoms with E-state index in [0.717, 1.165) is 11.1 Å². The highest BCUT2D eigenvalue weighted by Gasteiger charge is 2.49. The van der Waals surface area contributed by atoms with Gasteiger partial charge < -0.3 is 4.18 Å². The predicted molar refractivity (Wildman–Crippen MR) is 106 cm³/mol. The summed E-state index contributed by atoms with van der Waals surface area (Å²) in [6, 6.07) is 14.9. The third-order valence-corrected chi connectivity index (χ3v) is 5.40. The van der Waals surface area contributed by atoms with Gasteiger partial charge in [0.2, 0.25) is 0 Å². The minimum absolute atomic E-state index is 0.203. The van der Waals surface area contributed by atoms with Gasteiger partial charge in [0.05, 0.1) is 0 Å². The lowest BCUT2D eigenvalue weighted by Gasteiger charge is -2.16. The zero-order valence-corrected chi connectivity index (χ0v) is 16.0. The zero-order valence-electron chi connectivity index (χ0n) is 15.2. The Morgan fingerprint density at radius 1 is 0.733 bits per heavy atom. The topological polar surface area (TPSA) is 69.2 Å². The first-order chi connectivity index (χ1) is 14.3. The minimum Gasteiger partial charge on any atom is -0.375 e. The van der Waals surface area contributed by atoms with Gasteiger partial charge in [0, 0.05) is 35.7 Å². The Bertz CT molecular complexity index is 1310. The van der Waals surface area contributed by atoms with Crippen molar-refractivity contribution in [2.24, 2.45) is 0 Å². The number of rotatable bonds is 4. The first kappa shape index (κ1) is 19.8. The van der Waals surface area contributed by atoms with Crippen LogP contribution in [0.3, 0.4) is 0 Å². The Kier molecular flexibility index (Phi) is 4.90. The molecule has 2 heterocycles. The van der Waals surface area contributed by atoms with Gasteiger partial charge in [-0.05, 0) is 64.5 Å². The summed E-state index contributed by atoms with van der Waals surface area (Å²) in [5.41, 5.74) is -3.23. The number of benzene rings is 2. The molecule has 0 spiro atoms. The SMILES string of the molecule is O=S(=O)(Oc1c(-c2ccncc2)ccc2cc(-c3ccncc3)ccc12)C(F)(F)F. The molecule has 0 radical (unpaired) electrons. The van der Waals surface area contributed by atoms with Crippen LogP contribution in [0.2, 0.25) is 0 Å². The predicted octanol–water partition coefficient (Wildman–Crippen LogP) is 5.19. The molecule has 30 heavy (non-hydrogen) atoms. The van der Waals surface area contributed by atoms with E-state index in [2.05, 4.69) is 14.2 Å². The molecule has 9 heteroatoms. The van der Waals surface area contributed by atoms with Gasteiger partial charge in [-0.2, -0.15) is 21.6 Å². The maximum Gasteiger partial charge on any atom is 0.534 e. The van der Waals surface area contributed by atoms with Crippen LogP contribution in [0, 0.1) is 0 Å². The summed E-state index contributed by atoms with van der Waals surface area (Å²) in [5, 5.41) is 0.754. The Morgan fingerprint density at radius 3 is 1.93 bits per heavy atom. The smallest absolute Gasteiger partial charge is 0.375 e. The van der Waals surface area contributed by atoms with Gasteiger partial charge in [-0.25, -0.2) is 0 Å². The van der Waals surface area contributed by atoms with Crippen LogP contribution in [0.4, 0.5) is 13.2 Å². The molecule has 152 valence electrons. The van der Waals surface area contributed by atoms with Crippen molar-refractivity contribution < 1.29 is 25.8 Å². The second-order valence-electron chi connectivity index (χ2n) is 6.33. The Hall–Kier alpha value is -3.46. The quantitative estimate of drug-likeness (QED) is 0.329. The van der Waals surface area contributed by atoms with E-state index in [4.69, 9.17) is 0 Å². The summed E-state index contributed by atoms with van der Waals surface area (Å²) in [7, 11) is -5.86. The van der Waals surface area contributed by atoms with Gasteiger partial charge in [0.15, 0.2) is 5.75 Å². The summed E-state index contributed by atoms with van der Waals surface area (Å²) in [4.78, 5) is 7.84. The summed E-state index contributed by atoms with van der Waals surface area (Å²) in [5.74, 6) is -0.391. The van der Waals surface area contributed by atoms with E-state index in [-0.39, 0.29) is 10.9 Å². The van der Waals surface area contributed by atoms with Gasteiger partial charge in [-0.15, -0.1) is 0 Å². The van der Waals surface area contributed by atoms with Crippen LogP contribution < -0.4 is 4.18 Å². The molecule has 0 amide bonds. The maximum absolute atomic E-state index is 13.0. The lowest BCUT2D eigenvalue weighted by atomic mass is 9.97. The number of nitrogens with zero attached hydrogens (tertiary/aromatic N) is 2. The van der Waals surface area contributed by atoms with E-state index in [1.54, 1.807) is 54.9 Å². The molecule has 0 saturated carbocycles. The first-order valence-corrected chi connectivity index (χ1v) is 10.1. The van der Waals surface area contributed by atoms with Crippen LogP contribution in [0.25, 0.3) is 33.0 Å². The van der Waals surface area contributed by atoms with Gasteiger partial charge in [0.25, 0.3) is 0 Å². The molecule has 2 aromatic heterocycles. The van der Waals surface area contributed by atoms with Crippen molar-refractivity contribution in [2.75, 3.05) is 0 Å². The van der Waals surface area contributed by atoms with E-state index in [1.807, 2.05) is 0 Å². The molecule has 2 aromatic carbocycles. The molecule has 4 rings (SSSR count). The highest BCUT2D eigenvalue weighted by atomic mass is 32.2. The third kappa shape index (κ3) is 3.71. The molecule has 4 aromatic rings. The lowest BCUT2D eigenvalue weighted by molar-refractivity contribution is -0.0499. The van der Waals surface area contributed by atoms with Gasteiger partial charge in [0.1, 0.15) is 0 Å². The van der Waals surface area contributed by atoms with Gasteiger partial charge in [-0.3, -0.25) is 9.97 Å². The van der Waals surface area contributed by atoms with Crippen molar-refractivity contribution in [3.63, 3.8) is 0 Å². The van der Waals surface area contributed by atoms with Crippen molar-refractivity contribution in [2.45, 2.75) is 5.51 Å². The van der Waals surface area contributed by atoms with E-state index in [1.165, 1.54) is 24.5 Å². The summed E-state index contributed by atoms with van der Waals surface area (Å²) in [6.45, 7) is 0. The third-order valence-electron chi connectivity index (χ3n) is 4.45. The Labute approximate surface area is 169 Å². The number of hydrogen-bond donors (Lipinski definition) is 0. The van der Waals surface area contributed by atoms with Crippen LogP contribution in [-0.2, 0) is 10.1 Å². The number of fused-ring (bicyclic) bond motifs is 1. The number of hydrogen-bond acceptors (Lipinski definition) is 5. The van der Waals surface area contributed by atoms with E-state index in [0.29, 0.717) is 10.9 Å². The highest BCUT2D eigenvalue weighted by molar-refractivity contribution is 7.88. The molecule has 0 atom stereocenters. The first-order valence-electron chi connectivity index (χ1n) is 8.64. The molecule has 0 N–H and O–H groups in total. The number of halogens is 3. The van der Waals surface area contributed by atoms with Crippen molar-refractivity contribution in [3.05, 3.63) is 79.4 Å². The van der Waals surface area contributed by atoms with Gasteiger partial charge >= 0.3 is 15.6 Å². The van der Waals surface area contributed by atoms with Crippen molar-refractivity contribution in [3.8, 4) is 28.0 Å². The van der Waals surface area contributed by atoms with Crippen LogP contribution >= 0.6 is 0 Å². The number of pyridine rings is 2. The Morgan fingerprint density at radius 2 is 1.33 bits per heavy atom. The standard InChI is InChI=1S/C21H13F3N2O3S/c22-21(23,24)30(27,28)29-20-18(15-7-11-26-12-8-15)4-2-17-13-16(1-3-19(17)20)14-5-9-25-10-6-14/h1-13H. The summed E-state index contributed by atoms with van der Waals surface area (Å²) in [6.07, 6.45) is 6.15. The molecule has 0 aliphatic rings. The van der Waals surface area contributed by atoms with Crippen molar-refractivity contribution in [1.82, 2.24) is 9.97 Å². The average molecular weight is 430 g/mol. The fraction of sp³-hybridized carbons (Fsp3) is 0.0476. The number of aromatic nitrogens is 2. The molecule has 0 bridgehead atoms. The van der Waals surface area contributed by atoms with Crippen LogP contribution in [0.15, 0.2) is 79.4 Å². The van der Waals surface area contributed by atoms with Crippen molar-refractivity contribution >= 4 is 20.9 Å². The van der Waals surface area contributed by atoms with Crippen LogP contribution in [-0.4, -0.2) is 23.9 Å². The molecule has 0 unspecified atom stereocenters. The molecular formula is C21H13F3N2O3S. The molecule has 5 nitrogen and oxygen atoms in total. The van der Waals surface area contributed by atoms with E-state index >= 15 is 0 Å². The molecule has 0 fully saturated rings. The molecule has 0 saturated heterocycles. The highest BCUT2D eigenvalue weighted by Crippen LogP contribution is 2.40. The molecule has 0 aliphatic heterocycles. The van der Waals surface area contributed by atoms with Crippen molar-refractivity contribution in [1.29, 1.82) is 0 Å². The summed E-state index contributed by atoms with van der Waals surface area (Å²) < 4.78 is 67.2. The normalized spacial score (nSPS) is 12.1. The monoisotopic (exact) mass is 430 g/mol. The second kappa shape index (κ2) is 7.42. The second-order valence-corrected chi connectivity index (χ2v) is 7.87. The largest absolute Gasteiger partial charge is 0.534 e. The molecular weight excluding hydrogens is 417 g/mol. The minimum atomic E-state index is -5.86. The number of alkyl halides is 3. The lowest BCUT2D eigenvalue weighted by Crippen LogP contribution is -2.28. The van der Waals surface area contributed by atoms with E-state index < -0.39 is 21.4 Å². The maximum atomic E-state index is 13.0. The zero-order chi connectivity index (χ0) is 21.4. The fourth-order valence-electron chi connectivity index (χ4n) is 3.03. The Balaban J connectivity index is 1.94. The van der Waals surface area contributed by atoms with E-state index in [9.17, 15) is 21.6 Å². The average Bonchev–Trinajstić information content (AvgIpc) is 2.74. The van der Waals surface area contributed by atoms with Crippen LogP contribution in [0.1, 0.15) is 0 Å². The van der Waals surface area contributed by atoms with Crippen LogP contribution in [0.5, 0.6) is 5.75 Å². The molecule has 0 aliphatic carbocycles. The van der Waals surface area contributed by atoms with Gasteiger partial charge in [-0.1, -0.05) is 12.1 Å².